The van der Waals surface area contributed by atoms with Crippen LogP contribution in [0.2, 0.25) is 0 Å². The summed E-state index contributed by atoms with van der Waals surface area (Å²) < 4.78 is 5.24. The smallest absolute Gasteiger partial charge is 0.257 e. The Balaban J connectivity index is 1.67. The van der Waals surface area contributed by atoms with Gasteiger partial charge in [0, 0.05) is 6.20 Å². The van der Waals surface area contributed by atoms with Gasteiger partial charge in [0.05, 0.1) is 17.8 Å². The first-order valence-corrected chi connectivity index (χ1v) is 8.59. The molecule has 0 saturated heterocycles. The van der Waals surface area contributed by atoms with Gasteiger partial charge in [0.1, 0.15) is 17.0 Å². The summed E-state index contributed by atoms with van der Waals surface area (Å²) in [4.78, 5) is 17.2. The van der Waals surface area contributed by atoms with Crippen LogP contribution < -0.4 is 5.32 Å². The number of aromatic nitrogens is 2. The number of amides is 1. The summed E-state index contributed by atoms with van der Waals surface area (Å²) in [6.07, 6.45) is 2.42. The highest BCUT2D eigenvalue weighted by molar-refractivity contribution is 6.00. The fourth-order valence-electron chi connectivity index (χ4n) is 3.45. The lowest BCUT2D eigenvalue weighted by Gasteiger charge is -2.31. The van der Waals surface area contributed by atoms with Crippen molar-refractivity contribution >= 4 is 5.91 Å². The van der Waals surface area contributed by atoms with Crippen molar-refractivity contribution in [3.63, 3.8) is 0 Å². The number of aryl methyl sites for hydroxylation is 2. The van der Waals surface area contributed by atoms with Crippen molar-refractivity contribution < 1.29 is 14.4 Å². The Morgan fingerprint density at radius 2 is 2.04 bits per heavy atom. The molecular weight excluding hydrogens is 330 g/mol. The minimum absolute atomic E-state index is 0.329. The Morgan fingerprint density at radius 3 is 2.85 bits per heavy atom. The van der Waals surface area contributed by atoms with Crippen molar-refractivity contribution in [3.8, 4) is 11.4 Å². The number of pyridine rings is 1. The maximum Gasteiger partial charge on any atom is 0.257 e. The van der Waals surface area contributed by atoms with Gasteiger partial charge in [0.2, 0.25) is 0 Å². The van der Waals surface area contributed by atoms with Gasteiger partial charge in [-0.15, -0.1) is 0 Å². The van der Waals surface area contributed by atoms with Crippen LogP contribution in [0, 0.1) is 6.92 Å². The van der Waals surface area contributed by atoms with E-state index in [0.717, 1.165) is 17.5 Å². The van der Waals surface area contributed by atoms with Crippen molar-refractivity contribution in [2.45, 2.75) is 31.9 Å². The molecule has 2 atom stereocenters. The zero-order valence-electron chi connectivity index (χ0n) is 14.3. The molecule has 3 aromatic rings. The fourth-order valence-corrected chi connectivity index (χ4v) is 3.45. The molecule has 1 aliphatic rings. The van der Waals surface area contributed by atoms with Crippen LogP contribution in [0.3, 0.4) is 0 Å². The molecule has 0 bridgehead atoms. The molecule has 2 N–H and O–H groups in total. The van der Waals surface area contributed by atoms with Crippen molar-refractivity contribution in [2.75, 3.05) is 0 Å². The maximum atomic E-state index is 13.0. The molecule has 0 saturated carbocycles. The SMILES string of the molecule is Cc1onc(-c2ccccn2)c1C(=O)N[C@H]1c2ccccc2CC[C@H]1O. The van der Waals surface area contributed by atoms with Crippen LogP contribution >= 0.6 is 0 Å². The number of nitrogens with one attached hydrogen (secondary N) is 1. The summed E-state index contributed by atoms with van der Waals surface area (Å²) in [5, 5.41) is 17.4. The largest absolute Gasteiger partial charge is 0.391 e. The van der Waals surface area contributed by atoms with Crippen LogP contribution in [0.25, 0.3) is 11.4 Å². The lowest BCUT2D eigenvalue weighted by Crippen LogP contribution is -2.39. The van der Waals surface area contributed by atoms with Gasteiger partial charge < -0.3 is 14.9 Å². The normalized spacial score (nSPS) is 19.0. The van der Waals surface area contributed by atoms with E-state index in [4.69, 9.17) is 4.52 Å². The second-order valence-electron chi connectivity index (χ2n) is 6.43. The Bertz CT molecular complexity index is 936. The molecule has 132 valence electrons. The number of hydrogen-bond donors (Lipinski definition) is 2. The second kappa shape index (κ2) is 6.72. The van der Waals surface area contributed by atoms with Gasteiger partial charge in [-0.05, 0) is 43.0 Å². The molecule has 0 fully saturated rings. The molecule has 26 heavy (non-hydrogen) atoms. The van der Waals surface area contributed by atoms with E-state index < -0.39 is 12.1 Å². The molecule has 6 heteroatoms. The fraction of sp³-hybridized carbons (Fsp3) is 0.250. The molecule has 0 aliphatic heterocycles. The molecular formula is C20H19N3O3. The van der Waals surface area contributed by atoms with Crippen molar-refractivity contribution in [1.82, 2.24) is 15.5 Å². The van der Waals surface area contributed by atoms with Crippen LogP contribution in [-0.4, -0.2) is 27.3 Å². The van der Waals surface area contributed by atoms with E-state index in [1.54, 1.807) is 25.3 Å². The Hall–Kier alpha value is -2.99. The van der Waals surface area contributed by atoms with Crippen LogP contribution in [0.5, 0.6) is 0 Å². The average Bonchev–Trinajstić information content (AvgIpc) is 3.06. The zero-order valence-corrected chi connectivity index (χ0v) is 14.3. The lowest BCUT2D eigenvalue weighted by atomic mass is 9.85. The van der Waals surface area contributed by atoms with E-state index in [1.165, 1.54) is 0 Å². The summed E-state index contributed by atoms with van der Waals surface area (Å²) in [5.74, 6) is 0.0897. The molecule has 6 nitrogen and oxygen atoms in total. The van der Waals surface area contributed by atoms with E-state index in [1.807, 2.05) is 30.3 Å². The Kier molecular flexibility index (Phi) is 4.26. The van der Waals surface area contributed by atoms with Gasteiger partial charge in [-0.2, -0.15) is 0 Å². The van der Waals surface area contributed by atoms with E-state index in [-0.39, 0.29) is 5.91 Å². The quantitative estimate of drug-likeness (QED) is 0.759. The first kappa shape index (κ1) is 16.5. The maximum absolute atomic E-state index is 13.0. The molecule has 1 aliphatic carbocycles. The van der Waals surface area contributed by atoms with Gasteiger partial charge in [-0.1, -0.05) is 35.5 Å². The molecule has 1 amide bonds. The number of hydrogen-bond acceptors (Lipinski definition) is 5. The number of carbonyl (C=O) groups excluding carboxylic acids is 1. The van der Waals surface area contributed by atoms with E-state index in [9.17, 15) is 9.90 Å². The van der Waals surface area contributed by atoms with Gasteiger partial charge in [-0.25, -0.2) is 0 Å². The highest BCUT2D eigenvalue weighted by atomic mass is 16.5. The molecule has 2 heterocycles. The number of aliphatic hydroxyl groups is 1. The molecule has 0 spiro atoms. The summed E-state index contributed by atoms with van der Waals surface area (Å²) in [6.45, 7) is 1.69. The summed E-state index contributed by atoms with van der Waals surface area (Å²) in [6, 6.07) is 12.8. The van der Waals surface area contributed by atoms with Gasteiger partial charge >= 0.3 is 0 Å². The third kappa shape index (κ3) is 2.88. The standard InChI is InChI=1S/C20H19N3O3/c1-12-17(19(23-26-12)15-8-4-5-11-21-15)20(25)22-18-14-7-3-2-6-13(14)9-10-16(18)24/h2-8,11,16,18,24H,9-10H2,1H3,(H,22,25)/t16-,18+/m1/s1. The number of benzene rings is 1. The molecule has 2 aromatic heterocycles. The zero-order chi connectivity index (χ0) is 18.1. The van der Waals surface area contributed by atoms with Crippen molar-refractivity contribution in [2.24, 2.45) is 0 Å². The lowest BCUT2D eigenvalue weighted by molar-refractivity contribution is 0.0791. The summed E-state index contributed by atoms with van der Waals surface area (Å²) in [7, 11) is 0. The molecule has 0 unspecified atom stereocenters. The number of nitrogens with zero attached hydrogens (tertiary/aromatic N) is 2. The second-order valence-corrected chi connectivity index (χ2v) is 6.43. The van der Waals surface area contributed by atoms with Crippen LogP contribution in [0.4, 0.5) is 0 Å². The average molecular weight is 349 g/mol. The summed E-state index contributed by atoms with van der Waals surface area (Å²) >= 11 is 0. The van der Waals surface area contributed by atoms with Crippen LogP contribution in [-0.2, 0) is 6.42 Å². The predicted octanol–water partition coefficient (Wildman–Crippen LogP) is 2.82. The number of aliphatic hydroxyl groups excluding tert-OH is 1. The van der Waals surface area contributed by atoms with E-state index >= 15 is 0 Å². The number of rotatable bonds is 3. The van der Waals surface area contributed by atoms with E-state index in [2.05, 4.69) is 15.5 Å². The van der Waals surface area contributed by atoms with Crippen LogP contribution in [0.15, 0.2) is 53.2 Å². The summed E-state index contributed by atoms with van der Waals surface area (Å²) in [5.41, 5.74) is 3.42. The number of carbonyl (C=O) groups is 1. The van der Waals surface area contributed by atoms with Gasteiger partial charge in [-0.3, -0.25) is 9.78 Å². The van der Waals surface area contributed by atoms with E-state index in [0.29, 0.717) is 29.1 Å². The first-order valence-electron chi connectivity index (χ1n) is 8.59. The van der Waals surface area contributed by atoms with Crippen molar-refractivity contribution in [3.05, 3.63) is 71.1 Å². The minimum Gasteiger partial charge on any atom is -0.391 e. The highest BCUT2D eigenvalue weighted by Crippen LogP contribution is 2.31. The van der Waals surface area contributed by atoms with Crippen LogP contribution in [0.1, 0.15) is 39.7 Å². The molecule has 0 radical (unpaired) electrons. The minimum atomic E-state index is -0.632. The third-order valence-electron chi connectivity index (χ3n) is 4.77. The molecule has 1 aromatic carbocycles. The first-order chi connectivity index (χ1) is 12.6. The predicted molar refractivity (Wildman–Crippen MR) is 95.4 cm³/mol. The highest BCUT2D eigenvalue weighted by Gasteiger charge is 2.31. The van der Waals surface area contributed by atoms with Crippen molar-refractivity contribution in [1.29, 1.82) is 0 Å². The third-order valence-corrected chi connectivity index (χ3v) is 4.77. The topological polar surface area (TPSA) is 88.2 Å². The Morgan fingerprint density at radius 1 is 1.23 bits per heavy atom. The van der Waals surface area contributed by atoms with Gasteiger partial charge in [0.15, 0.2) is 0 Å². The van der Waals surface area contributed by atoms with Gasteiger partial charge in [0.25, 0.3) is 5.91 Å². The Labute approximate surface area is 150 Å². The monoisotopic (exact) mass is 349 g/mol. The number of fused-ring (bicyclic) bond motifs is 1. The molecule has 4 rings (SSSR count).